The van der Waals surface area contributed by atoms with Crippen molar-refractivity contribution in [1.82, 2.24) is 4.57 Å². The molecule has 0 fully saturated rings. The zero-order valence-corrected chi connectivity index (χ0v) is 9.24. The third-order valence-corrected chi connectivity index (χ3v) is 2.64. The number of hydrogen-bond donors (Lipinski definition) is 0. The molecule has 4 heteroatoms. The topological polar surface area (TPSA) is 45.8 Å². The Kier molecular flexibility index (Phi) is 2.93. The molecule has 1 aromatic carbocycles. The minimum atomic E-state index is -0.0279. The molecule has 0 unspecified atom stereocenters. The molecule has 0 amide bonds. The molecule has 0 N–H and O–H groups in total. The van der Waals surface area contributed by atoms with Crippen LogP contribution in [0.4, 0.5) is 0 Å². The second-order valence-electron chi connectivity index (χ2n) is 3.44. The maximum atomic E-state index is 11.6. The molecule has 3 nitrogen and oxygen atoms in total. The van der Waals surface area contributed by atoms with Gasteiger partial charge in [0.1, 0.15) is 0 Å². The van der Waals surface area contributed by atoms with Gasteiger partial charge in [0.25, 0.3) is 0 Å². The van der Waals surface area contributed by atoms with Crippen molar-refractivity contribution in [2.75, 3.05) is 0 Å². The van der Waals surface area contributed by atoms with Crippen molar-refractivity contribution in [3.8, 4) is 6.07 Å². The van der Waals surface area contributed by atoms with Gasteiger partial charge >= 0.3 is 0 Å². The average Bonchev–Trinajstić information content (AvgIpc) is 2.28. The number of pyridine rings is 1. The van der Waals surface area contributed by atoms with Gasteiger partial charge in [-0.15, -0.1) is 0 Å². The van der Waals surface area contributed by atoms with Gasteiger partial charge in [0, 0.05) is 29.2 Å². The van der Waals surface area contributed by atoms with Gasteiger partial charge < -0.3 is 4.57 Å². The summed E-state index contributed by atoms with van der Waals surface area (Å²) in [6.07, 6.45) is 2.10. The summed E-state index contributed by atoms with van der Waals surface area (Å²) in [5.74, 6) is 0. The normalized spacial score (nSPS) is 10.2. The fourth-order valence-corrected chi connectivity index (χ4v) is 1.81. The maximum absolute atomic E-state index is 11.6. The van der Waals surface area contributed by atoms with Crippen LogP contribution >= 0.6 is 11.6 Å². The van der Waals surface area contributed by atoms with E-state index >= 15 is 0 Å². The molecule has 0 atom stereocenters. The SMILES string of the molecule is N#CCCn1ccc(=O)c2ccc(Cl)cc21. The minimum absolute atomic E-state index is 0.0279. The van der Waals surface area contributed by atoms with Crippen LogP contribution in [0.5, 0.6) is 0 Å². The molecule has 1 aromatic heterocycles. The monoisotopic (exact) mass is 232 g/mol. The molecule has 0 bridgehead atoms. The third kappa shape index (κ3) is 1.93. The summed E-state index contributed by atoms with van der Waals surface area (Å²) in [6.45, 7) is 0.563. The molecular weight excluding hydrogens is 224 g/mol. The van der Waals surface area contributed by atoms with Crippen LogP contribution in [0.25, 0.3) is 10.9 Å². The number of halogens is 1. The largest absolute Gasteiger partial charge is 0.346 e. The summed E-state index contributed by atoms with van der Waals surface area (Å²) in [6, 6.07) is 8.74. The van der Waals surface area contributed by atoms with E-state index in [-0.39, 0.29) is 5.43 Å². The Morgan fingerprint density at radius 2 is 2.19 bits per heavy atom. The maximum Gasteiger partial charge on any atom is 0.189 e. The molecule has 0 aliphatic heterocycles. The summed E-state index contributed by atoms with van der Waals surface area (Å²) in [5.41, 5.74) is 0.745. The molecule has 0 radical (unpaired) electrons. The Hall–Kier alpha value is -1.79. The highest BCUT2D eigenvalue weighted by atomic mass is 35.5. The van der Waals surface area contributed by atoms with Gasteiger partial charge in [0.05, 0.1) is 18.0 Å². The number of benzene rings is 1. The summed E-state index contributed by atoms with van der Waals surface area (Å²) < 4.78 is 1.87. The van der Waals surface area contributed by atoms with Crippen LogP contribution in [0.15, 0.2) is 35.3 Å². The number of rotatable bonds is 2. The fourth-order valence-electron chi connectivity index (χ4n) is 1.64. The Morgan fingerprint density at radius 3 is 2.94 bits per heavy atom. The Morgan fingerprint density at radius 1 is 1.38 bits per heavy atom. The van der Waals surface area contributed by atoms with Gasteiger partial charge in [0.2, 0.25) is 0 Å². The van der Waals surface area contributed by atoms with Crippen LogP contribution in [-0.4, -0.2) is 4.57 Å². The first-order valence-electron chi connectivity index (χ1n) is 4.88. The van der Waals surface area contributed by atoms with Crippen LogP contribution in [0.3, 0.4) is 0 Å². The highest BCUT2D eigenvalue weighted by molar-refractivity contribution is 6.31. The average molecular weight is 233 g/mol. The standard InChI is InChI=1S/C12H9ClN2O/c13-9-2-3-10-11(8-9)15(6-1-5-14)7-4-12(10)16/h2-4,7-8H,1,6H2. The van der Waals surface area contributed by atoms with Gasteiger partial charge in [-0.05, 0) is 18.2 Å². The zero-order valence-electron chi connectivity index (χ0n) is 8.48. The highest BCUT2D eigenvalue weighted by Gasteiger charge is 2.02. The quantitative estimate of drug-likeness (QED) is 0.799. The van der Waals surface area contributed by atoms with E-state index in [0.29, 0.717) is 23.4 Å². The van der Waals surface area contributed by atoms with Crippen molar-refractivity contribution < 1.29 is 0 Å². The molecule has 0 saturated heterocycles. The van der Waals surface area contributed by atoms with Crippen molar-refractivity contribution in [2.24, 2.45) is 0 Å². The lowest BCUT2D eigenvalue weighted by molar-refractivity contribution is 0.737. The smallest absolute Gasteiger partial charge is 0.189 e. The number of aromatic nitrogens is 1. The summed E-state index contributed by atoms with van der Waals surface area (Å²) in [7, 11) is 0. The second-order valence-corrected chi connectivity index (χ2v) is 3.88. The van der Waals surface area contributed by atoms with E-state index < -0.39 is 0 Å². The molecule has 2 aromatic rings. The van der Waals surface area contributed by atoms with Crippen molar-refractivity contribution in [1.29, 1.82) is 5.26 Å². The van der Waals surface area contributed by atoms with Crippen LogP contribution in [-0.2, 0) is 6.54 Å². The van der Waals surface area contributed by atoms with Gasteiger partial charge in [-0.25, -0.2) is 0 Å². The van der Waals surface area contributed by atoms with E-state index in [9.17, 15) is 4.79 Å². The third-order valence-electron chi connectivity index (χ3n) is 2.41. The Labute approximate surface area is 97.5 Å². The molecule has 0 saturated carbocycles. The van der Waals surface area contributed by atoms with E-state index in [1.165, 1.54) is 6.07 Å². The molecule has 1 heterocycles. The summed E-state index contributed by atoms with van der Waals surface area (Å²) in [5, 5.41) is 9.77. The summed E-state index contributed by atoms with van der Waals surface area (Å²) >= 11 is 5.90. The Balaban J connectivity index is 2.67. The lowest BCUT2D eigenvalue weighted by atomic mass is 10.2. The van der Waals surface area contributed by atoms with Gasteiger partial charge in [0.15, 0.2) is 5.43 Å². The first-order chi connectivity index (χ1) is 7.72. The first-order valence-corrected chi connectivity index (χ1v) is 5.26. The zero-order chi connectivity index (χ0) is 11.5. The predicted octanol–water partition coefficient (Wildman–Crippen LogP) is 2.57. The summed E-state index contributed by atoms with van der Waals surface area (Å²) in [4.78, 5) is 11.6. The molecule has 0 spiro atoms. The second kappa shape index (κ2) is 4.38. The van der Waals surface area contributed by atoms with Gasteiger partial charge in [-0.3, -0.25) is 4.79 Å². The van der Waals surface area contributed by atoms with Crippen LogP contribution in [0.1, 0.15) is 6.42 Å². The van der Waals surface area contributed by atoms with Crippen LogP contribution in [0, 0.1) is 11.3 Å². The molecule has 0 aliphatic carbocycles. The van der Waals surface area contributed by atoms with Crippen molar-refractivity contribution in [3.63, 3.8) is 0 Å². The lowest BCUT2D eigenvalue weighted by Gasteiger charge is -2.08. The van der Waals surface area contributed by atoms with E-state index in [0.717, 1.165) is 5.52 Å². The first kappa shape index (κ1) is 10.7. The number of nitrogens with zero attached hydrogens (tertiary/aromatic N) is 2. The van der Waals surface area contributed by atoms with Crippen LogP contribution in [0.2, 0.25) is 5.02 Å². The fraction of sp³-hybridized carbons (Fsp3) is 0.167. The van der Waals surface area contributed by atoms with Crippen LogP contribution < -0.4 is 5.43 Å². The molecule has 2 rings (SSSR count). The van der Waals surface area contributed by atoms with E-state index in [4.69, 9.17) is 16.9 Å². The number of aryl methyl sites for hydroxylation is 1. The number of fused-ring (bicyclic) bond motifs is 1. The molecular formula is C12H9ClN2O. The number of hydrogen-bond acceptors (Lipinski definition) is 2. The lowest BCUT2D eigenvalue weighted by Crippen LogP contribution is -2.07. The van der Waals surface area contributed by atoms with Crippen molar-refractivity contribution in [3.05, 3.63) is 45.7 Å². The highest BCUT2D eigenvalue weighted by Crippen LogP contribution is 2.16. The molecule has 0 aliphatic rings. The van der Waals surface area contributed by atoms with Gasteiger partial charge in [-0.1, -0.05) is 11.6 Å². The van der Waals surface area contributed by atoms with E-state index in [1.807, 2.05) is 4.57 Å². The van der Waals surface area contributed by atoms with E-state index in [2.05, 4.69) is 6.07 Å². The molecule has 80 valence electrons. The van der Waals surface area contributed by atoms with E-state index in [1.54, 1.807) is 24.4 Å². The molecule has 16 heavy (non-hydrogen) atoms. The van der Waals surface area contributed by atoms with Gasteiger partial charge in [-0.2, -0.15) is 5.26 Å². The number of nitriles is 1. The minimum Gasteiger partial charge on any atom is -0.346 e. The Bertz CT molecular complexity index is 625. The predicted molar refractivity (Wildman–Crippen MR) is 63.4 cm³/mol. The van der Waals surface area contributed by atoms with Crippen molar-refractivity contribution in [2.45, 2.75) is 13.0 Å². The van der Waals surface area contributed by atoms with Crippen molar-refractivity contribution >= 4 is 22.5 Å².